The van der Waals surface area contributed by atoms with Crippen LogP contribution in [0.1, 0.15) is 37.7 Å². The molecule has 0 spiro atoms. The van der Waals surface area contributed by atoms with Gasteiger partial charge in [-0.1, -0.05) is 6.92 Å². The molecule has 2 heterocycles. The summed E-state index contributed by atoms with van der Waals surface area (Å²) in [5, 5.41) is 15.2. The van der Waals surface area contributed by atoms with E-state index in [0.29, 0.717) is 6.42 Å². The van der Waals surface area contributed by atoms with Crippen molar-refractivity contribution in [3.05, 3.63) is 40.0 Å². The maximum atomic E-state index is 10.6. The molecule has 0 radical (unpaired) electrons. The molecule has 0 aromatic carbocycles. The molecule has 1 unspecified atom stereocenters. The third kappa shape index (κ3) is 2.77. The molecule has 0 bridgehead atoms. The Morgan fingerprint density at radius 1 is 1.47 bits per heavy atom. The van der Waals surface area contributed by atoms with Gasteiger partial charge < -0.3 is 9.52 Å². The molecule has 5 heteroatoms. The smallest absolute Gasteiger partial charge is 0.0963 e. The summed E-state index contributed by atoms with van der Waals surface area (Å²) in [5.74, 6) is 0. The number of rotatable bonds is 5. The molecule has 0 aliphatic rings. The number of aryl methyl sites for hydroxylation is 2. The summed E-state index contributed by atoms with van der Waals surface area (Å²) in [6, 6.07) is 1.79. The highest BCUT2D eigenvalue weighted by molar-refractivity contribution is 9.10. The van der Waals surface area contributed by atoms with Gasteiger partial charge in [0, 0.05) is 18.5 Å². The van der Waals surface area contributed by atoms with E-state index >= 15 is 0 Å². The largest absolute Gasteiger partial charge is 0.472 e. The second-order valence-electron chi connectivity index (χ2n) is 4.84. The Morgan fingerprint density at radius 2 is 2.21 bits per heavy atom. The van der Waals surface area contributed by atoms with Crippen LogP contribution in [0.15, 0.2) is 27.5 Å². The molecule has 0 fully saturated rings. The molecule has 0 saturated carbocycles. The summed E-state index contributed by atoms with van der Waals surface area (Å²) in [7, 11) is 0. The van der Waals surface area contributed by atoms with Crippen LogP contribution in [0.2, 0.25) is 0 Å². The molecule has 0 saturated heterocycles. The van der Waals surface area contributed by atoms with Gasteiger partial charge in [-0.05, 0) is 42.3 Å². The lowest BCUT2D eigenvalue weighted by molar-refractivity contribution is 0.0546. The molecule has 4 nitrogen and oxygen atoms in total. The van der Waals surface area contributed by atoms with Crippen molar-refractivity contribution in [3.63, 3.8) is 0 Å². The van der Waals surface area contributed by atoms with Gasteiger partial charge in [-0.15, -0.1) is 0 Å². The third-order valence-electron chi connectivity index (χ3n) is 3.35. The van der Waals surface area contributed by atoms with Crippen molar-refractivity contribution in [1.82, 2.24) is 9.78 Å². The first-order chi connectivity index (χ1) is 8.99. The van der Waals surface area contributed by atoms with E-state index in [9.17, 15) is 5.11 Å². The van der Waals surface area contributed by atoms with Crippen molar-refractivity contribution >= 4 is 15.9 Å². The van der Waals surface area contributed by atoms with Crippen molar-refractivity contribution in [2.45, 2.75) is 45.8 Å². The second-order valence-corrected chi connectivity index (χ2v) is 5.63. The van der Waals surface area contributed by atoms with Gasteiger partial charge in [-0.25, -0.2) is 0 Å². The summed E-state index contributed by atoms with van der Waals surface area (Å²) >= 11 is 3.60. The van der Waals surface area contributed by atoms with Crippen molar-refractivity contribution < 1.29 is 9.52 Å². The average molecular weight is 327 g/mol. The van der Waals surface area contributed by atoms with E-state index in [0.717, 1.165) is 34.4 Å². The van der Waals surface area contributed by atoms with Gasteiger partial charge in [0.2, 0.25) is 0 Å². The number of aromatic nitrogens is 2. The second kappa shape index (κ2) is 5.51. The quantitative estimate of drug-likeness (QED) is 0.917. The molecule has 1 atom stereocenters. The number of aliphatic hydroxyl groups is 1. The summed E-state index contributed by atoms with van der Waals surface area (Å²) in [4.78, 5) is 0. The molecular weight excluding hydrogens is 308 g/mol. The molecule has 2 aromatic heterocycles. The third-order valence-corrected chi connectivity index (χ3v) is 4.26. The highest BCUT2D eigenvalue weighted by Gasteiger charge is 2.28. The lowest BCUT2D eigenvalue weighted by Crippen LogP contribution is -2.25. The van der Waals surface area contributed by atoms with Crippen LogP contribution in [0, 0.1) is 0 Å². The van der Waals surface area contributed by atoms with E-state index < -0.39 is 5.60 Å². The Hall–Kier alpha value is -1.07. The van der Waals surface area contributed by atoms with Gasteiger partial charge in [-0.2, -0.15) is 5.10 Å². The fraction of sp³-hybridized carbons (Fsp3) is 0.500. The van der Waals surface area contributed by atoms with Crippen molar-refractivity contribution in [1.29, 1.82) is 0 Å². The lowest BCUT2D eigenvalue weighted by Gasteiger charge is -2.22. The van der Waals surface area contributed by atoms with E-state index in [1.807, 2.05) is 4.68 Å². The van der Waals surface area contributed by atoms with Crippen molar-refractivity contribution in [2.24, 2.45) is 0 Å². The van der Waals surface area contributed by atoms with Crippen LogP contribution in [-0.2, 0) is 25.0 Å². The Labute approximate surface area is 121 Å². The minimum absolute atomic E-state index is 0.494. The number of hydrogen-bond acceptors (Lipinski definition) is 3. The highest BCUT2D eigenvalue weighted by atomic mass is 79.9. The first kappa shape index (κ1) is 14.3. The maximum absolute atomic E-state index is 10.6. The number of hydrogen-bond donors (Lipinski definition) is 1. The highest BCUT2D eigenvalue weighted by Crippen LogP contribution is 2.31. The van der Waals surface area contributed by atoms with Crippen LogP contribution < -0.4 is 0 Å². The molecular formula is C14H19BrN2O2. The van der Waals surface area contributed by atoms with Crippen LogP contribution >= 0.6 is 15.9 Å². The monoisotopic (exact) mass is 326 g/mol. The Balaban J connectivity index is 2.35. The fourth-order valence-electron chi connectivity index (χ4n) is 2.19. The standard InChI is InChI=1S/C14H19BrN2O2/c1-4-11-13(15)12(17(5-2)16-11)8-14(3,18)10-6-7-19-9-10/h6-7,9,18H,4-5,8H2,1-3H3. The van der Waals surface area contributed by atoms with Crippen LogP contribution in [0.4, 0.5) is 0 Å². The van der Waals surface area contributed by atoms with E-state index in [2.05, 4.69) is 34.9 Å². The van der Waals surface area contributed by atoms with Crippen LogP contribution in [0.5, 0.6) is 0 Å². The van der Waals surface area contributed by atoms with Crippen molar-refractivity contribution in [2.75, 3.05) is 0 Å². The molecule has 0 amide bonds. The van der Waals surface area contributed by atoms with Gasteiger partial charge >= 0.3 is 0 Å². The minimum Gasteiger partial charge on any atom is -0.472 e. The van der Waals surface area contributed by atoms with Crippen LogP contribution in [0.3, 0.4) is 0 Å². The zero-order valence-electron chi connectivity index (χ0n) is 11.5. The van der Waals surface area contributed by atoms with Gasteiger partial charge in [0.05, 0.1) is 34.0 Å². The first-order valence-electron chi connectivity index (χ1n) is 6.48. The Morgan fingerprint density at radius 3 is 2.74 bits per heavy atom. The molecule has 2 rings (SSSR count). The Kier molecular flexibility index (Phi) is 4.16. The van der Waals surface area contributed by atoms with Gasteiger partial charge in [0.25, 0.3) is 0 Å². The summed E-state index contributed by atoms with van der Waals surface area (Å²) in [6.45, 7) is 6.71. The van der Waals surface area contributed by atoms with E-state index in [4.69, 9.17) is 4.42 Å². The average Bonchev–Trinajstić information content (AvgIpc) is 2.99. The predicted molar refractivity (Wildman–Crippen MR) is 77.0 cm³/mol. The lowest BCUT2D eigenvalue weighted by atomic mass is 9.93. The van der Waals surface area contributed by atoms with E-state index in [-0.39, 0.29) is 0 Å². The number of halogens is 1. The van der Waals surface area contributed by atoms with E-state index in [1.165, 1.54) is 0 Å². The number of nitrogens with zero attached hydrogens (tertiary/aromatic N) is 2. The van der Waals surface area contributed by atoms with Gasteiger partial charge in [0.15, 0.2) is 0 Å². The molecule has 104 valence electrons. The predicted octanol–water partition coefficient (Wildman–Crippen LogP) is 3.27. The van der Waals surface area contributed by atoms with E-state index in [1.54, 1.807) is 25.5 Å². The molecule has 1 N–H and O–H groups in total. The van der Waals surface area contributed by atoms with Crippen molar-refractivity contribution in [3.8, 4) is 0 Å². The minimum atomic E-state index is -0.965. The topological polar surface area (TPSA) is 51.2 Å². The molecule has 19 heavy (non-hydrogen) atoms. The van der Waals surface area contributed by atoms with Gasteiger partial charge in [-0.3, -0.25) is 4.68 Å². The zero-order chi connectivity index (χ0) is 14.0. The number of furan rings is 1. The maximum Gasteiger partial charge on any atom is 0.0963 e. The zero-order valence-corrected chi connectivity index (χ0v) is 13.1. The Bertz CT molecular complexity index is 544. The normalized spacial score (nSPS) is 14.6. The summed E-state index contributed by atoms with van der Waals surface area (Å²) in [6.07, 6.45) is 4.52. The fourth-order valence-corrected chi connectivity index (χ4v) is 2.89. The first-order valence-corrected chi connectivity index (χ1v) is 7.28. The van der Waals surface area contributed by atoms with Crippen LogP contribution in [-0.4, -0.2) is 14.9 Å². The summed E-state index contributed by atoms with van der Waals surface area (Å²) in [5.41, 5.74) is 1.86. The summed E-state index contributed by atoms with van der Waals surface area (Å²) < 4.78 is 8.00. The molecule has 0 aliphatic heterocycles. The SMILES string of the molecule is CCc1nn(CC)c(CC(C)(O)c2ccoc2)c1Br. The molecule has 0 aliphatic carbocycles. The van der Waals surface area contributed by atoms with Gasteiger partial charge in [0.1, 0.15) is 0 Å². The molecule has 2 aromatic rings. The van der Waals surface area contributed by atoms with Crippen LogP contribution in [0.25, 0.3) is 0 Å².